The zero-order valence-electron chi connectivity index (χ0n) is 14.7. The predicted molar refractivity (Wildman–Crippen MR) is 101 cm³/mol. The average Bonchev–Trinajstić information content (AvgIpc) is 3.20. The van der Waals surface area contributed by atoms with Gasteiger partial charge in [0.2, 0.25) is 5.82 Å². The van der Waals surface area contributed by atoms with Crippen LogP contribution in [-0.2, 0) is 12.8 Å². The Hall–Kier alpha value is -2.49. The second-order valence-corrected chi connectivity index (χ2v) is 6.54. The van der Waals surface area contributed by atoms with Crippen molar-refractivity contribution < 1.29 is 0 Å². The predicted octanol–water partition coefficient (Wildman–Crippen LogP) is 4.99. The lowest BCUT2D eigenvalue weighted by Crippen LogP contribution is -1.89. The standard InChI is InChI=1S/C21H26N4/c1(3-6-10-18-11-8-5-9-12-18)2-4-7-13-19-14-16-20(17-15-19)21-22-24-25-23-21/h5,8-9,11-12,14-17H,1-4,6-7,10,13H2,(H,22,23,24,25). The Kier molecular flexibility index (Phi) is 6.74. The van der Waals surface area contributed by atoms with Gasteiger partial charge in [-0.1, -0.05) is 80.3 Å². The molecule has 25 heavy (non-hydrogen) atoms. The van der Waals surface area contributed by atoms with Gasteiger partial charge in [0.05, 0.1) is 0 Å². The molecule has 0 bridgehead atoms. The number of benzene rings is 2. The summed E-state index contributed by atoms with van der Waals surface area (Å²) in [5, 5.41) is 14.1. The number of unbranched alkanes of at least 4 members (excludes halogenated alkanes) is 5. The molecule has 130 valence electrons. The average molecular weight is 334 g/mol. The summed E-state index contributed by atoms with van der Waals surface area (Å²) >= 11 is 0. The van der Waals surface area contributed by atoms with Crippen LogP contribution < -0.4 is 0 Å². The quantitative estimate of drug-likeness (QED) is 0.531. The fourth-order valence-corrected chi connectivity index (χ4v) is 3.11. The van der Waals surface area contributed by atoms with Gasteiger partial charge in [-0.05, 0) is 42.0 Å². The van der Waals surface area contributed by atoms with Gasteiger partial charge in [0.25, 0.3) is 0 Å². The van der Waals surface area contributed by atoms with Crippen molar-refractivity contribution in [3.63, 3.8) is 0 Å². The number of aromatic amines is 1. The molecule has 1 heterocycles. The Labute approximate surface area is 149 Å². The van der Waals surface area contributed by atoms with Crippen LogP contribution in [0, 0.1) is 0 Å². The van der Waals surface area contributed by atoms with E-state index in [0.717, 1.165) is 12.0 Å². The van der Waals surface area contributed by atoms with Crippen LogP contribution in [0.25, 0.3) is 11.4 Å². The van der Waals surface area contributed by atoms with E-state index in [1.807, 2.05) is 0 Å². The summed E-state index contributed by atoms with van der Waals surface area (Å²) in [6.07, 6.45) is 10.3. The Morgan fingerprint density at radius 1 is 0.640 bits per heavy atom. The van der Waals surface area contributed by atoms with E-state index in [0.29, 0.717) is 5.82 Å². The minimum Gasteiger partial charge on any atom is -0.177 e. The van der Waals surface area contributed by atoms with Crippen LogP contribution in [0.4, 0.5) is 0 Å². The molecule has 0 aliphatic carbocycles. The van der Waals surface area contributed by atoms with Crippen LogP contribution in [0.1, 0.15) is 49.7 Å². The van der Waals surface area contributed by atoms with E-state index in [1.54, 1.807) is 0 Å². The minimum atomic E-state index is 0.655. The van der Waals surface area contributed by atoms with Gasteiger partial charge in [0, 0.05) is 5.56 Å². The van der Waals surface area contributed by atoms with E-state index < -0.39 is 0 Å². The molecule has 0 aliphatic rings. The van der Waals surface area contributed by atoms with Gasteiger partial charge in [0.1, 0.15) is 0 Å². The summed E-state index contributed by atoms with van der Waals surface area (Å²) < 4.78 is 0. The van der Waals surface area contributed by atoms with Crippen LogP contribution in [-0.4, -0.2) is 20.6 Å². The van der Waals surface area contributed by atoms with Crippen molar-refractivity contribution in [3.05, 3.63) is 65.7 Å². The Morgan fingerprint density at radius 3 is 1.84 bits per heavy atom. The van der Waals surface area contributed by atoms with E-state index >= 15 is 0 Å². The molecule has 0 aliphatic heterocycles. The van der Waals surface area contributed by atoms with Gasteiger partial charge in [-0.3, -0.25) is 0 Å². The molecule has 0 atom stereocenters. The van der Waals surface area contributed by atoms with E-state index in [1.165, 1.54) is 56.1 Å². The number of rotatable bonds is 10. The molecule has 4 nitrogen and oxygen atoms in total. The van der Waals surface area contributed by atoms with Gasteiger partial charge in [-0.2, -0.15) is 5.21 Å². The maximum atomic E-state index is 4.00. The second kappa shape index (κ2) is 9.72. The van der Waals surface area contributed by atoms with Crippen molar-refractivity contribution in [2.75, 3.05) is 0 Å². The molecule has 0 radical (unpaired) electrons. The largest absolute Gasteiger partial charge is 0.204 e. The molecule has 4 heteroatoms. The Balaban J connectivity index is 1.25. The number of aryl methyl sites for hydroxylation is 2. The number of aromatic nitrogens is 4. The summed E-state index contributed by atoms with van der Waals surface area (Å²) in [5.74, 6) is 0.655. The maximum Gasteiger partial charge on any atom is 0.204 e. The molecular formula is C21H26N4. The number of H-pyrrole nitrogens is 1. The summed E-state index contributed by atoms with van der Waals surface area (Å²) in [4.78, 5) is 0. The molecule has 2 aromatic carbocycles. The zero-order chi connectivity index (χ0) is 17.2. The van der Waals surface area contributed by atoms with E-state index in [2.05, 4.69) is 75.2 Å². The van der Waals surface area contributed by atoms with Crippen molar-refractivity contribution in [3.8, 4) is 11.4 Å². The highest BCUT2D eigenvalue weighted by atomic mass is 15.5. The third-order valence-electron chi connectivity index (χ3n) is 4.58. The lowest BCUT2D eigenvalue weighted by molar-refractivity contribution is 0.594. The normalized spacial score (nSPS) is 10.9. The van der Waals surface area contributed by atoms with Crippen LogP contribution in [0.2, 0.25) is 0 Å². The van der Waals surface area contributed by atoms with E-state index in [9.17, 15) is 0 Å². The fraction of sp³-hybridized carbons (Fsp3) is 0.381. The lowest BCUT2D eigenvalue weighted by atomic mass is 10.0. The van der Waals surface area contributed by atoms with Gasteiger partial charge >= 0.3 is 0 Å². The van der Waals surface area contributed by atoms with Gasteiger partial charge in [-0.25, -0.2) is 0 Å². The molecule has 1 N–H and O–H groups in total. The number of nitrogens with one attached hydrogen (secondary N) is 1. The summed E-state index contributed by atoms with van der Waals surface area (Å²) in [6, 6.07) is 19.3. The molecule has 0 amide bonds. The summed E-state index contributed by atoms with van der Waals surface area (Å²) in [5.41, 5.74) is 3.86. The van der Waals surface area contributed by atoms with Crippen molar-refractivity contribution in [1.82, 2.24) is 20.6 Å². The minimum absolute atomic E-state index is 0.655. The Morgan fingerprint density at radius 2 is 1.24 bits per heavy atom. The third kappa shape index (κ3) is 5.82. The highest BCUT2D eigenvalue weighted by Crippen LogP contribution is 2.16. The summed E-state index contributed by atoms with van der Waals surface area (Å²) in [7, 11) is 0. The highest BCUT2D eigenvalue weighted by molar-refractivity contribution is 5.54. The SMILES string of the molecule is c1ccc(CCCCCCCCc2ccc(-c3nn[nH]n3)cc2)cc1. The first kappa shape index (κ1) is 17.3. The molecule has 0 fully saturated rings. The number of tetrazole rings is 1. The van der Waals surface area contributed by atoms with Crippen LogP contribution in [0.15, 0.2) is 54.6 Å². The van der Waals surface area contributed by atoms with Gasteiger partial charge in [-0.15, -0.1) is 10.2 Å². The molecule has 0 spiro atoms. The van der Waals surface area contributed by atoms with Crippen LogP contribution >= 0.6 is 0 Å². The first-order valence-corrected chi connectivity index (χ1v) is 9.28. The van der Waals surface area contributed by atoms with Crippen LogP contribution in [0.5, 0.6) is 0 Å². The zero-order valence-corrected chi connectivity index (χ0v) is 14.7. The van der Waals surface area contributed by atoms with E-state index in [4.69, 9.17) is 0 Å². The van der Waals surface area contributed by atoms with Gasteiger partial charge < -0.3 is 0 Å². The Bertz CT molecular complexity index is 705. The molecule has 3 rings (SSSR count). The molecular weight excluding hydrogens is 308 g/mol. The molecule has 0 saturated heterocycles. The first-order chi connectivity index (χ1) is 12.4. The number of nitrogens with zero attached hydrogens (tertiary/aromatic N) is 3. The van der Waals surface area contributed by atoms with E-state index in [-0.39, 0.29) is 0 Å². The lowest BCUT2D eigenvalue weighted by Gasteiger charge is -2.04. The molecule has 0 unspecified atom stereocenters. The van der Waals surface area contributed by atoms with Crippen LogP contribution in [0.3, 0.4) is 0 Å². The maximum absolute atomic E-state index is 4.00. The highest BCUT2D eigenvalue weighted by Gasteiger charge is 2.02. The molecule has 0 saturated carbocycles. The number of hydrogen-bond acceptors (Lipinski definition) is 3. The third-order valence-corrected chi connectivity index (χ3v) is 4.58. The fourth-order valence-electron chi connectivity index (χ4n) is 3.11. The molecule has 3 aromatic rings. The van der Waals surface area contributed by atoms with Crippen molar-refractivity contribution >= 4 is 0 Å². The number of hydrogen-bond donors (Lipinski definition) is 1. The second-order valence-electron chi connectivity index (χ2n) is 6.54. The van der Waals surface area contributed by atoms with Crippen molar-refractivity contribution in [1.29, 1.82) is 0 Å². The van der Waals surface area contributed by atoms with Crippen molar-refractivity contribution in [2.45, 2.75) is 51.4 Å². The van der Waals surface area contributed by atoms with Crippen molar-refractivity contribution in [2.24, 2.45) is 0 Å². The monoisotopic (exact) mass is 334 g/mol. The molecule has 1 aromatic heterocycles. The summed E-state index contributed by atoms with van der Waals surface area (Å²) in [6.45, 7) is 0. The first-order valence-electron chi connectivity index (χ1n) is 9.28. The van der Waals surface area contributed by atoms with Gasteiger partial charge in [0.15, 0.2) is 0 Å². The smallest absolute Gasteiger partial charge is 0.177 e. The topological polar surface area (TPSA) is 54.5 Å².